The number of halogens is 2. The third-order valence-corrected chi connectivity index (χ3v) is 12.8. The SMILES string of the molecule is CC[C@H]1OC(=O)[C@H](C)C[C@H](C)CC(C)CC[C@@H](C)C(=O)C(C)[C@H]2C(SCCn3cnc4c(N)ncc(C(=O)Nc5c(Cl)cncc5Cl)c43)C(=O)O[C@@]21C. The van der Waals surface area contributed by atoms with Gasteiger partial charge in [0.25, 0.3) is 5.91 Å². The average molecular weight is 790 g/mol. The van der Waals surface area contributed by atoms with E-state index in [-0.39, 0.29) is 50.7 Å². The molecule has 3 N–H and O–H groups in total. The van der Waals surface area contributed by atoms with Crippen molar-refractivity contribution in [3.8, 4) is 0 Å². The van der Waals surface area contributed by atoms with Crippen molar-refractivity contribution in [2.75, 3.05) is 16.8 Å². The third kappa shape index (κ3) is 8.62. The van der Waals surface area contributed by atoms with Crippen LogP contribution in [0.2, 0.25) is 10.0 Å². The van der Waals surface area contributed by atoms with Crippen LogP contribution in [0.1, 0.15) is 90.9 Å². The zero-order valence-electron chi connectivity index (χ0n) is 31.4. The fourth-order valence-electron chi connectivity index (χ4n) is 8.20. The highest BCUT2D eigenvalue weighted by molar-refractivity contribution is 8.00. The first-order chi connectivity index (χ1) is 25.1. The van der Waals surface area contributed by atoms with E-state index in [4.69, 9.17) is 38.4 Å². The first-order valence-electron chi connectivity index (χ1n) is 18.3. The second-order valence-corrected chi connectivity index (χ2v) is 17.2. The number of carbonyl (C=O) groups excluding carboxylic acids is 4. The van der Waals surface area contributed by atoms with E-state index >= 15 is 0 Å². The highest BCUT2D eigenvalue weighted by atomic mass is 35.5. The van der Waals surface area contributed by atoms with E-state index in [2.05, 4.69) is 34.1 Å². The van der Waals surface area contributed by atoms with Gasteiger partial charge in [-0.25, -0.2) is 9.97 Å². The number of fused-ring (bicyclic) bond motifs is 2. The standard InChI is InChI=1S/C38H50Cl2N6O6S/c1-8-27-38(7)28(23(6)32(47)21(4)10-9-19(2)13-20(3)14-22(5)36(49)51-27)33(37(50)52-38)53-12-11-46-18-44-30-31(46)24(15-43-34(30)41)35(48)45-29-25(39)16-42-17-26(29)40/h15-23,27-28,33H,8-14H2,1-7H3,(H2,41,43)(H,42,45,48)/t19?,20-,21-,22-,23?,27-,28+,33?,38-/m1/s1. The molecular formula is C38H50Cl2N6O6S. The van der Waals surface area contributed by atoms with Gasteiger partial charge in [0.1, 0.15) is 22.7 Å². The summed E-state index contributed by atoms with van der Waals surface area (Å²) in [6.45, 7) is 14.1. The van der Waals surface area contributed by atoms with Crippen molar-refractivity contribution in [2.24, 2.45) is 35.5 Å². The zero-order valence-corrected chi connectivity index (χ0v) is 33.7. The first-order valence-corrected chi connectivity index (χ1v) is 20.2. The topological polar surface area (TPSA) is 168 Å². The van der Waals surface area contributed by atoms with E-state index in [1.54, 1.807) is 10.9 Å². The number of aryl methyl sites for hydroxylation is 1. The van der Waals surface area contributed by atoms with Crippen LogP contribution in [-0.2, 0) is 30.4 Å². The van der Waals surface area contributed by atoms with Gasteiger partial charge < -0.3 is 25.1 Å². The number of hydrogen-bond acceptors (Lipinski definition) is 11. The van der Waals surface area contributed by atoms with Crippen LogP contribution in [0.25, 0.3) is 11.0 Å². The summed E-state index contributed by atoms with van der Waals surface area (Å²) in [6.07, 6.45) is 8.66. The Morgan fingerprint density at radius 2 is 1.70 bits per heavy atom. The van der Waals surface area contributed by atoms with Gasteiger partial charge in [0.05, 0.1) is 39.1 Å². The third-order valence-electron chi connectivity index (χ3n) is 11.0. The number of nitrogens with zero attached hydrogens (tertiary/aromatic N) is 4. The molecule has 0 saturated carbocycles. The van der Waals surface area contributed by atoms with Crippen molar-refractivity contribution in [3.63, 3.8) is 0 Å². The number of Topliss-reactive ketones (excluding diaryl/α,β-unsaturated/α-hetero) is 1. The summed E-state index contributed by atoms with van der Waals surface area (Å²) >= 11 is 13.9. The van der Waals surface area contributed by atoms with Gasteiger partial charge in [0, 0.05) is 48.6 Å². The van der Waals surface area contributed by atoms with Gasteiger partial charge in [0.15, 0.2) is 11.4 Å². The quantitative estimate of drug-likeness (QED) is 0.226. The predicted molar refractivity (Wildman–Crippen MR) is 208 cm³/mol. The van der Waals surface area contributed by atoms with Crippen molar-refractivity contribution in [2.45, 2.75) is 104 Å². The summed E-state index contributed by atoms with van der Waals surface area (Å²) in [4.78, 5) is 67.6. The maximum Gasteiger partial charge on any atom is 0.320 e. The maximum atomic E-state index is 14.1. The number of nitrogens with one attached hydrogen (secondary N) is 1. The minimum Gasteiger partial charge on any atom is -0.458 e. The molecule has 288 valence electrons. The first kappa shape index (κ1) is 40.8. The number of pyridine rings is 2. The van der Waals surface area contributed by atoms with E-state index in [9.17, 15) is 19.2 Å². The van der Waals surface area contributed by atoms with Crippen LogP contribution in [0.15, 0.2) is 24.9 Å². The largest absolute Gasteiger partial charge is 0.458 e. The summed E-state index contributed by atoms with van der Waals surface area (Å²) in [7, 11) is 0. The fraction of sp³-hybridized carbons (Fsp3) is 0.605. The Bertz CT molecular complexity index is 1840. The molecular weight excluding hydrogens is 739 g/mol. The number of amides is 1. The molecule has 0 radical (unpaired) electrons. The molecule has 2 aliphatic heterocycles. The number of cyclic esters (lactones) is 1. The van der Waals surface area contributed by atoms with Gasteiger partial charge in [-0.15, -0.1) is 11.8 Å². The van der Waals surface area contributed by atoms with Crippen molar-refractivity contribution in [3.05, 3.63) is 40.5 Å². The number of ketones is 1. The Hall–Kier alpha value is -3.42. The van der Waals surface area contributed by atoms with Gasteiger partial charge in [-0.05, 0) is 44.4 Å². The Morgan fingerprint density at radius 1 is 1.00 bits per heavy atom. The van der Waals surface area contributed by atoms with E-state index in [0.29, 0.717) is 48.0 Å². The molecule has 0 aliphatic carbocycles. The van der Waals surface area contributed by atoms with Gasteiger partial charge in [-0.2, -0.15) is 0 Å². The number of nitrogen functional groups attached to an aromatic ring is 1. The van der Waals surface area contributed by atoms with E-state index in [1.807, 2.05) is 34.6 Å². The van der Waals surface area contributed by atoms with Crippen LogP contribution in [0.5, 0.6) is 0 Å². The van der Waals surface area contributed by atoms with Crippen molar-refractivity contribution < 1.29 is 28.7 Å². The number of hydrogen-bond donors (Lipinski definition) is 2. The minimum absolute atomic E-state index is 0.0726. The molecule has 3 aromatic rings. The van der Waals surface area contributed by atoms with Crippen LogP contribution in [0.3, 0.4) is 0 Å². The molecule has 2 fully saturated rings. The lowest BCUT2D eigenvalue weighted by atomic mass is 9.72. The molecule has 3 aromatic heterocycles. The summed E-state index contributed by atoms with van der Waals surface area (Å²) < 4.78 is 14.2. The summed E-state index contributed by atoms with van der Waals surface area (Å²) in [5.74, 6) is -1.62. The predicted octanol–water partition coefficient (Wildman–Crippen LogP) is 7.65. The number of carbonyl (C=O) groups is 4. The molecule has 5 rings (SSSR count). The van der Waals surface area contributed by atoms with Gasteiger partial charge in [0.2, 0.25) is 0 Å². The van der Waals surface area contributed by atoms with Gasteiger partial charge >= 0.3 is 11.9 Å². The second-order valence-electron chi connectivity index (χ2n) is 15.1. The Morgan fingerprint density at radius 3 is 2.38 bits per heavy atom. The molecule has 1 amide bonds. The molecule has 2 aliphatic rings. The Balaban J connectivity index is 1.43. The molecule has 53 heavy (non-hydrogen) atoms. The van der Waals surface area contributed by atoms with Gasteiger partial charge in [-0.3, -0.25) is 24.2 Å². The zero-order chi connectivity index (χ0) is 38.8. The average Bonchev–Trinajstić information content (AvgIpc) is 3.65. The number of aromatic nitrogens is 4. The lowest BCUT2D eigenvalue weighted by Crippen LogP contribution is -2.52. The normalized spacial score (nSPS) is 30.2. The van der Waals surface area contributed by atoms with Crippen LogP contribution in [-0.4, -0.2) is 65.9 Å². The maximum absolute atomic E-state index is 14.1. The monoisotopic (exact) mass is 788 g/mol. The van der Waals surface area contributed by atoms with Crippen LogP contribution in [0.4, 0.5) is 11.5 Å². The minimum atomic E-state index is -1.23. The van der Waals surface area contributed by atoms with Crippen LogP contribution in [0, 0.1) is 35.5 Å². The van der Waals surface area contributed by atoms with E-state index in [0.717, 1.165) is 19.3 Å². The van der Waals surface area contributed by atoms with E-state index < -0.39 is 40.7 Å². The molecule has 3 unspecified atom stereocenters. The number of imidazole rings is 1. The molecule has 0 aromatic carbocycles. The molecule has 15 heteroatoms. The number of rotatable bonds is 7. The number of anilines is 2. The smallest absolute Gasteiger partial charge is 0.320 e. The number of esters is 2. The Kier molecular flexibility index (Phi) is 13.0. The highest BCUT2D eigenvalue weighted by Crippen LogP contribution is 2.48. The van der Waals surface area contributed by atoms with Crippen LogP contribution < -0.4 is 11.1 Å². The molecule has 12 nitrogen and oxygen atoms in total. The Labute approximate surface area is 325 Å². The summed E-state index contributed by atoms with van der Waals surface area (Å²) in [5, 5.41) is 2.36. The second kappa shape index (κ2) is 16.9. The number of thioether (sulfide) groups is 1. The molecule has 9 atom stereocenters. The summed E-state index contributed by atoms with van der Waals surface area (Å²) in [6, 6.07) is 0. The number of ether oxygens (including phenoxy) is 2. The summed E-state index contributed by atoms with van der Waals surface area (Å²) in [5.41, 5.74) is 6.11. The highest BCUT2D eigenvalue weighted by Gasteiger charge is 2.60. The fourth-order valence-corrected chi connectivity index (χ4v) is 10.1. The van der Waals surface area contributed by atoms with Crippen molar-refractivity contribution >= 4 is 81.1 Å². The molecule has 0 spiro atoms. The number of nitrogens with two attached hydrogens (primary N) is 1. The lowest BCUT2D eigenvalue weighted by molar-refractivity contribution is -0.183. The molecule has 2 saturated heterocycles. The molecule has 5 heterocycles. The van der Waals surface area contributed by atoms with Crippen LogP contribution >= 0.6 is 35.0 Å². The van der Waals surface area contributed by atoms with Gasteiger partial charge in [-0.1, -0.05) is 71.2 Å². The van der Waals surface area contributed by atoms with E-state index in [1.165, 1.54) is 30.4 Å². The molecule has 0 bridgehead atoms. The van der Waals surface area contributed by atoms with Crippen molar-refractivity contribution in [1.82, 2.24) is 19.5 Å². The lowest BCUT2D eigenvalue weighted by Gasteiger charge is -2.40. The van der Waals surface area contributed by atoms with Crippen molar-refractivity contribution in [1.29, 1.82) is 0 Å².